The van der Waals surface area contributed by atoms with E-state index < -0.39 is 0 Å². The minimum Gasteiger partial charge on any atom is -0.453 e. The highest BCUT2D eigenvalue weighted by Crippen LogP contribution is 2.53. The van der Waals surface area contributed by atoms with Crippen LogP contribution in [-0.2, 0) is 5.41 Å². The first-order valence-electron chi connectivity index (χ1n) is 18.8. The van der Waals surface area contributed by atoms with E-state index in [2.05, 4.69) is 194 Å². The predicted octanol–water partition coefficient (Wildman–Crippen LogP) is 15.1. The summed E-state index contributed by atoms with van der Waals surface area (Å²) in [5.41, 5.74) is 14.1. The van der Waals surface area contributed by atoms with Gasteiger partial charge < -0.3 is 14.5 Å². The van der Waals surface area contributed by atoms with Crippen molar-refractivity contribution >= 4 is 65.6 Å². The number of fused-ring (bicyclic) bond motifs is 8. The SMILES string of the molecule is CC1(C)c2ccccc2-c2ccc(N(c3ccc(-c4ccc5c(c4)Oc4ccccc4N5c4ccccc4)cc3)c3ccc4sc5ccccc5c4c3)cc21. The van der Waals surface area contributed by atoms with Crippen LogP contribution in [0.1, 0.15) is 25.0 Å². The molecule has 55 heavy (non-hydrogen) atoms. The molecule has 0 bridgehead atoms. The normalized spacial score (nSPS) is 13.5. The molecule has 0 saturated carbocycles. The Morgan fingerprint density at radius 1 is 0.473 bits per heavy atom. The number of thiophene rings is 1. The van der Waals surface area contributed by atoms with Gasteiger partial charge in [-0.05, 0) is 118 Å². The summed E-state index contributed by atoms with van der Waals surface area (Å²) in [6.45, 7) is 4.70. The molecule has 4 heteroatoms. The van der Waals surface area contributed by atoms with Crippen molar-refractivity contribution in [2.75, 3.05) is 9.80 Å². The molecule has 2 aliphatic rings. The highest BCUT2D eigenvalue weighted by molar-refractivity contribution is 7.25. The number of hydrogen-bond donors (Lipinski definition) is 0. The van der Waals surface area contributed by atoms with Crippen molar-refractivity contribution in [1.29, 1.82) is 0 Å². The van der Waals surface area contributed by atoms with Crippen LogP contribution < -0.4 is 14.5 Å². The number of benzene rings is 8. The number of para-hydroxylation sites is 3. The summed E-state index contributed by atoms with van der Waals surface area (Å²) in [5.74, 6) is 1.68. The average Bonchev–Trinajstić information content (AvgIpc) is 3.71. The first-order valence-corrected chi connectivity index (χ1v) is 19.7. The van der Waals surface area contributed by atoms with Crippen LogP contribution in [0.5, 0.6) is 11.5 Å². The molecule has 2 heterocycles. The van der Waals surface area contributed by atoms with E-state index in [1.807, 2.05) is 23.5 Å². The van der Waals surface area contributed by atoms with Crippen LogP contribution in [-0.4, -0.2) is 0 Å². The fraction of sp³-hybridized carbons (Fsp3) is 0.0588. The van der Waals surface area contributed by atoms with Crippen molar-refractivity contribution in [2.24, 2.45) is 0 Å². The predicted molar refractivity (Wildman–Crippen MR) is 232 cm³/mol. The monoisotopic (exact) mass is 724 g/mol. The van der Waals surface area contributed by atoms with Crippen molar-refractivity contribution < 1.29 is 4.74 Å². The number of nitrogens with zero attached hydrogens (tertiary/aromatic N) is 2. The fourth-order valence-corrected chi connectivity index (χ4v) is 9.81. The third-order valence-corrected chi connectivity index (χ3v) is 12.6. The summed E-state index contributed by atoms with van der Waals surface area (Å²) in [5, 5.41) is 2.59. The van der Waals surface area contributed by atoms with Crippen molar-refractivity contribution in [3.8, 4) is 33.8 Å². The lowest BCUT2D eigenvalue weighted by atomic mass is 9.82. The molecule has 0 fully saturated rings. The van der Waals surface area contributed by atoms with Crippen LogP contribution in [0.15, 0.2) is 182 Å². The molecule has 0 amide bonds. The minimum absolute atomic E-state index is 0.101. The molecule has 0 saturated heterocycles. The molecule has 1 aromatic heterocycles. The van der Waals surface area contributed by atoms with Crippen LogP contribution in [0.25, 0.3) is 42.4 Å². The van der Waals surface area contributed by atoms with Crippen molar-refractivity contribution in [3.05, 3.63) is 193 Å². The van der Waals surface area contributed by atoms with Gasteiger partial charge in [-0.25, -0.2) is 0 Å². The second kappa shape index (κ2) is 12.2. The van der Waals surface area contributed by atoms with Crippen LogP contribution >= 0.6 is 11.3 Å². The van der Waals surface area contributed by atoms with Gasteiger partial charge in [0.05, 0.1) is 11.4 Å². The Morgan fingerprint density at radius 2 is 1.13 bits per heavy atom. The summed E-state index contributed by atoms with van der Waals surface area (Å²) in [4.78, 5) is 4.70. The molecule has 8 aromatic carbocycles. The van der Waals surface area contributed by atoms with Gasteiger partial charge in [-0.3, -0.25) is 0 Å². The maximum absolute atomic E-state index is 6.56. The van der Waals surface area contributed by atoms with Gasteiger partial charge in [0.2, 0.25) is 0 Å². The molecule has 0 spiro atoms. The Morgan fingerprint density at radius 3 is 2.02 bits per heavy atom. The molecule has 0 atom stereocenters. The molecule has 9 aromatic rings. The fourth-order valence-electron chi connectivity index (χ4n) is 8.73. The Labute approximate surface area is 324 Å². The maximum Gasteiger partial charge on any atom is 0.152 e. The van der Waals surface area contributed by atoms with Gasteiger partial charge in [0.15, 0.2) is 11.5 Å². The lowest BCUT2D eigenvalue weighted by Crippen LogP contribution is -2.16. The molecule has 0 radical (unpaired) electrons. The average molecular weight is 725 g/mol. The summed E-state index contributed by atoms with van der Waals surface area (Å²) in [6, 6.07) is 65.8. The van der Waals surface area contributed by atoms with Gasteiger partial charge in [0.25, 0.3) is 0 Å². The molecule has 11 rings (SSSR count). The quantitative estimate of drug-likeness (QED) is 0.176. The van der Waals surface area contributed by atoms with E-state index in [9.17, 15) is 0 Å². The molecule has 1 aliphatic heterocycles. The van der Waals surface area contributed by atoms with E-state index >= 15 is 0 Å². The van der Waals surface area contributed by atoms with Gasteiger partial charge in [0, 0.05) is 48.3 Å². The third-order valence-electron chi connectivity index (χ3n) is 11.4. The number of anilines is 6. The largest absolute Gasteiger partial charge is 0.453 e. The van der Waals surface area contributed by atoms with E-state index in [0.29, 0.717) is 0 Å². The van der Waals surface area contributed by atoms with Crippen LogP contribution in [0.4, 0.5) is 34.1 Å². The second-order valence-corrected chi connectivity index (χ2v) is 16.1. The first-order chi connectivity index (χ1) is 27.0. The number of hydrogen-bond acceptors (Lipinski definition) is 4. The van der Waals surface area contributed by atoms with E-state index in [4.69, 9.17) is 4.74 Å². The lowest BCUT2D eigenvalue weighted by Gasteiger charge is -2.33. The molecule has 3 nitrogen and oxygen atoms in total. The van der Waals surface area contributed by atoms with Crippen LogP contribution in [0.3, 0.4) is 0 Å². The minimum atomic E-state index is -0.101. The molecule has 262 valence electrons. The zero-order chi connectivity index (χ0) is 36.7. The molecule has 0 N–H and O–H groups in total. The van der Waals surface area contributed by atoms with E-state index in [-0.39, 0.29) is 5.41 Å². The Bertz CT molecular complexity index is 2940. The summed E-state index contributed by atoms with van der Waals surface area (Å²) < 4.78 is 9.17. The van der Waals surface area contributed by atoms with E-state index in [0.717, 1.165) is 56.8 Å². The Hall–Kier alpha value is -6.62. The summed E-state index contributed by atoms with van der Waals surface area (Å²) >= 11 is 1.86. The second-order valence-electron chi connectivity index (χ2n) is 15.0. The van der Waals surface area contributed by atoms with Gasteiger partial charge in [-0.15, -0.1) is 11.3 Å². The van der Waals surface area contributed by atoms with Gasteiger partial charge >= 0.3 is 0 Å². The highest BCUT2D eigenvalue weighted by atomic mass is 32.1. The molecular formula is C51H36N2OS. The topological polar surface area (TPSA) is 15.7 Å². The first kappa shape index (κ1) is 31.9. The number of ether oxygens (including phenoxy) is 1. The highest BCUT2D eigenvalue weighted by Gasteiger charge is 2.36. The smallest absolute Gasteiger partial charge is 0.152 e. The van der Waals surface area contributed by atoms with Crippen molar-refractivity contribution in [3.63, 3.8) is 0 Å². The van der Waals surface area contributed by atoms with E-state index in [1.165, 1.54) is 42.4 Å². The summed E-state index contributed by atoms with van der Waals surface area (Å²) in [6.07, 6.45) is 0. The zero-order valence-electron chi connectivity index (χ0n) is 30.5. The number of rotatable bonds is 5. The van der Waals surface area contributed by atoms with Crippen molar-refractivity contribution in [2.45, 2.75) is 19.3 Å². The van der Waals surface area contributed by atoms with Crippen LogP contribution in [0, 0.1) is 0 Å². The van der Waals surface area contributed by atoms with Gasteiger partial charge in [0.1, 0.15) is 0 Å². The third kappa shape index (κ3) is 5.02. The summed E-state index contributed by atoms with van der Waals surface area (Å²) in [7, 11) is 0. The van der Waals surface area contributed by atoms with Gasteiger partial charge in [-0.1, -0.05) is 111 Å². The van der Waals surface area contributed by atoms with Gasteiger partial charge in [-0.2, -0.15) is 0 Å². The van der Waals surface area contributed by atoms with Crippen LogP contribution in [0.2, 0.25) is 0 Å². The standard InChI is InChI=1S/C51H36N2OS/c1-51(2)43-16-8-6-14-39(43)40-27-25-38(32-44(40)51)52(37-26-29-50-42(31-37)41-15-7-11-19-49(41)55-50)36-23-20-33(21-24-36)34-22-28-46-48(30-34)54-47-18-10-9-17-45(47)53(46)35-12-4-3-5-13-35/h3-32H,1-2H3. The molecule has 1 aliphatic carbocycles. The zero-order valence-corrected chi connectivity index (χ0v) is 31.3. The molecular weight excluding hydrogens is 689 g/mol. The van der Waals surface area contributed by atoms with Crippen molar-refractivity contribution in [1.82, 2.24) is 0 Å². The Kier molecular flexibility index (Phi) is 7.07. The Balaban J connectivity index is 1.01. The maximum atomic E-state index is 6.56. The molecule has 0 unspecified atom stereocenters. The van der Waals surface area contributed by atoms with E-state index in [1.54, 1.807) is 0 Å². The lowest BCUT2D eigenvalue weighted by molar-refractivity contribution is 0.477.